The lowest BCUT2D eigenvalue weighted by Gasteiger charge is -2.47. The largest absolute Gasteiger partial charge is 0.376 e. The molecule has 3 aliphatic heterocycles. The summed E-state index contributed by atoms with van der Waals surface area (Å²) in [6, 6.07) is 9.11. The number of piperidine rings is 1. The molecule has 2 aromatic carbocycles. The zero-order chi connectivity index (χ0) is 16.5. The van der Waals surface area contributed by atoms with Gasteiger partial charge in [-0.05, 0) is 36.4 Å². The predicted molar refractivity (Wildman–Crippen MR) is 93.2 cm³/mol. The third kappa shape index (κ3) is 1.78. The Kier molecular flexibility index (Phi) is 2.89. The number of hydrogen-bond donors (Lipinski definition) is 1. The maximum absolute atomic E-state index is 13.0. The molecule has 3 heterocycles. The van der Waals surface area contributed by atoms with Crippen LogP contribution in [0.4, 0.5) is 5.69 Å². The van der Waals surface area contributed by atoms with Crippen LogP contribution < -0.4 is 10.2 Å². The smallest absolute Gasteiger partial charge is 0.259 e. The molecule has 1 N–H and O–H groups in total. The van der Waals surface area contributed by atoms with Crippen LogP contribution in [0.1, 0.15) is 23.2 Å². The van der Waals surface area contributed by atoms with E-state index >= 15 is 0 Å². The van der Waals surface area contributed by atoms with Gasteiger partial charge in [-0.3, -0.25) is 14.5 Å². The van der Waals surface area contributed by atoms with Gasteiger partial charge in [0.25, 0.3) is 5.91 Å². The summed E-state index contributed by atoms with van der Waals surface area (Å²) in [4.78, 5) is 27.4. The number of benzene rings is 2. The first-order chi connectivity index (χ1) is 11.6. The topological polar surface area (TPSA) is 58.6 Å². The maximum atomic E-state index is 13.0. The molecule has 5 nitrogen and oxygen atoms in total. The second-order valence-corrected chi connectivity index (χ2v) is 7.64. The van der Waals surface area contributed by atoms with Crippen LogP contribution in [0.2, 0.25) is 0 Å². The summed E-state index contributed by atoms with van der Waals surface area (Å²) >= 11 is 3.55. The minimum Gasteiger partial charge on any atom is -0.376 e. The molecular formula is C18H15BrN2O3. The molecule has 2 aromatic rings. The molecule has 0 aromatic heterocycles. The van der Waals surface area contributed by atoms with Gasteiger partial charge in [0.1, 0.15) is 6.04 Å². The molecule has 3 aliphatic rings. The van der Waals surface area contributed by atoms with Gasteiger partial charge in [-0.15, -0.1) is 0 Å². The highest BCUT2D eigenvalue weighted by Gasteiger charge is 2.48. The van der Waals surface area contributed by atoms with Crippen molar-refractivity contribution >= 4 is 44.2 Å². The highest BCUT2D eigenvalue weighted by Crippen LogP contribution is 2.42. The van der Waals surface area contributed by atoms with Crippen molar-refractivity contribution in [3.8, 4) is 0 Å². The molecular weight excluding hydrogens is 372 g/mol. The summed E-state index contributed by atoms with van der Waals surface area (Å²) in [5.41, 5.74) is 1.29. The second-order valence-electron chi connectivity index (χ2n) is 6.79. The van der Waals surface area contributed by atoms with Gasteiger partial charge in [0.2, 0.25) is 5.91 Å². The van der Waals surface area contributed by atoms with E-state index in [1.54, 1.807) is 4.90 Å². The van der Waals surface area contributed by atoms with Gasteiger partial charge in [0.05, 0.1) is 24.4 Å². The summed E-state index contributed by atoms with van der Waals surface area (Å²) in [6.45, 7) is 1.14. The zero-order valence-electron chi connectivity index (χ0n) is 12.8. The molecule has 1 unspecified atom stereocenters. The van der Waals surface area contributed by atoms with Crippen LogP contribution in [-0.2, 0) is 9.53 Å². The lowest BCUT2D eigenvalue weighted by molar-refractivity contribution is -0.140. The standard InChI is InChI=1S/C18H15BrN2O3/c19-12-5-4-11-15-10(12)2-1-3-13(15)21(17(11)23)14-6-7-18(8-24-9-18)20-16(14)22/h1-5,14H,6-9H2,(H,20,22). The molecule has 0 saturated carbocycles. The third-order valence-corrected chi connectivity index (χ3v) is 6.02. The fourth-order valence-electron chi connectivity index (χ4n) is 4.04. The van der Waals surface area contributed by atoms with Crippen LogP contribution in [0.5, 0.6) is 0 Å². The molecule has 0 radical (unpaired) electrons. The Hall–Kier alpha value is -1.92. The lowest BCUT2D eigenvalue weighted by atomic mass is 9.84. The fraction of sp³-hybridized carbons (Fsp3) is 0.333. The summed E-state index contributed by atoms with van der Waals surface area (Å²) in [6.07, 6.45) is 1.50. The molecule has 1 spiro atoms. The normalized spacial score (nSPS) is 24.4. The van der Waals surface area contributed by atoms with Crippen LogP contribution in [0.15, 0.2) is 34.8 Å². The van der Waals surface area contributed by atoms with Crippen LogP contribution in [0.3, 0.4) is 0 Å². The van der Waals surface area contributed by atoms with E-state index in [-0.39, 0.29) is 17.4 Å². The third-order valence-electron chi connectivity index (χ3n) is 5.33. The molecule has 2 saturated heterocycles. The minimum absolute atomic E-state index is 0.0817. The van der Waals surface area contributed by atoms with Crippen molar-refractivity contribution in [3.05, 3.63) is 40.4 Å². The molecule has 5 rings (SSSR count). The Morgan fingerprint density at radius 1 is 1.21 bits per heavy atom. The predicted octanol–water partition coefficient (Wildman–Crippen LogP) is 2.61. The van der Waals surface area contributed by atoms with E-state index in [1.165, 1.54) is 0 Å². The Balaban J connectivity index is 1.58. The minimum atomic E-state index is -0.458. The number of rotatable bonds is 1. The highest BCUT2D eigenvalue weighted by molar-refractivity contribution is 9.10. The first-order valence-electron chi connectivity index (χ1n) is 8.04. The Morgan fingerprint density at radius 3 is 2.75 bits per heavy atom. The van der Waals surface area contributed by atoms with Gasteiger partial charge in [0.15, 0.2) is 0 Å². The van der Waals surface area contributed by atoms with Crippen molar-refractivity contribution in [2.24, 2.45) is 0 Å². The van der Waals surface area contributed by atoms with E-state index in [0.29, 0.717) is 25.2 Å². The summed E-state index contributed by atoms with van der Waals surface area (Å²) in [7, 11) is 0. The lowest BCUT2D eigenvalue weighted by Crippen LogP contribution is -2.68. The number of ether oxygens (including phenoxy) is 1. The monoisotopic (exact) mass is 386 g/mol. The Bertz CT molecular complexity index is 907. The maximum Gasteiger partial charge on any atom is 0.259 e. The van der Waals surface area contributed by atoms with Crippen molar-refractivity contribution in [3.63, 3.8) is 0 Å². The number of nitrogens with zero attached hydrogens (tertiary/aromatic N) is 1. The van der Waals surface area contributed by atoms with Crippen molar-refractivity contribution in [1.82, 2.24) is 5.32 Å². The zero-order valence-corrected chi connectivity index (χ0v) is 14.4. The molecule has 0 aliphatic carbocycles. The van der Waals surface area contributed by atoms with Crippen LogP contribution >= 0.6 is 15.9 Å². The van der Waals surface area contributed by atoms with E-state index in [9.17, 15) is 9.59 Å². The van der Waals surface area contributed by atoms with Gasteiger partial charge >= 0.3 is 0 Å². The molecule has 24 heavy (non-hydrogen) atoms. The summed E-state index contributed by atoms with van der Waals surface area (Å²) < 4.78 is 6.21. The van der Waals surface area contributed by atoms with Crippen molar-refractivity contribution < 1.29 is 14.3 Å². The number of nitrogens with one attached hydrogen (secondary N) is 1. The van der Waals surface area contributed by atoms with Crippen molar-refractivity contribution in [2.75, 3.05) is 18.1 Å². The van der Waals surface area contributed by atoms with Crippen molar-refractivity contribution in [1.29, 1.82) is 0 Å². The highest BCUT2D eigenvalue weighted by atomic mass is 79.9. The van der Waals surface area contributed by atoms with E-state index in [2.05, 4.69) is 21.2 Å². The van der Waals surface area contributed by atoms with Crippen LogP contribution in [-0.4, -0.2) is 36.6 Å². The van der Waals surface area contributed by atoms with E-state index in [4.69, 9.17) is 4.74 Å². The van der Waals surface area contributed by atoms with Crippen molar-refractivity contribution in [2.45, 2.75) is 24.4 Å². The van der Waals surface area contributed by atoms with E-state index in [0.717, 1.165) is 27.4 Å². The van der Waals surface area contributed by atoms with Gasteiger partial charge in [-0.2, -0.15) is 0 Å². The average molecular weight is 387 g/mol. The number of hydrogen-bond acceptors (Lipinski definition) is 3. The first-order valence-corrected chi connectivity index (χ1v) is 8.84. The quantitative estimate of drug-likeness (QED) is 0.819. The molecule has 0 bridgehead atoms. The van der Waals surface area contributed by atoms with E-state index in [1.807, 2.05) is 30.3 Å². The van der Waals surface area contributed by atoms with Gasteiger partial charge < -0.3 is 10.1 Å². The van der Waals surface area contributed by atoms with E-state index < -0.39 is 6.04 Å². The van der Waals surface area contributed by atoms with Crippen LogP contribution in [0, 0.1) is 0 Å². The molecule has 2 amide bonds. The molecule has 1 atom stereocenters. The second kappa shape index (κ2) is 4.80. The van der Waals surface area contributed by atoms with Gasteiger partial charge in [-0.25, -0.2) is 0 Å². The Labute approximate surface area is 147 Å². The molecule has 122 valence electrons. The molecule has 6 heteroatoms. The fourth-order valence-corrected chi connectivity index (χ4v) is 4.50. The number of amides is 2. The van der Waals surface area contributed by atoms with Gasteiger partial charge in [-0.1, -0.05) is 28.1 Å². The Morgan fingerprint density at radius 2 is 2.04 bits per heavy atom. The number of halogens is 1. The van der Waals surface area contributed by atoms with Crippen LogP contribution in [0.25, 0.3) is 10.8 Å². The summed E-state index contributed by atoms with van der Waals surface area (Å²) in [5, 5.41) is 5.01. The summed E-state index contributed by atoms with van der Waals surface area (Å²) in [5.74, 6) is -0.170. The van der Waals surface area contributed by atoms with Gasteiger partial charge in [0, 0.05) is 15.4 Å². The number of anilines is 1. The average Bonchev–Trinajstić information content (AvgIpc) is 2.83. The number of carbonyl (C=O) groups excluding carboxylic acids is 2. The molecule has 2 fully saturated rings. The SMILES string of the molecule is O=C1NC2(CCC1N1C(=O)c3ccc(Br)c4cccc1c34)COC2. The number of carbonyl (C=O) groups is 2. The first kappa shape index (κ1) is 14.4.